The van der Waals surface area contributed by atoms with E-state index in [-0.39, 0.29) is 0 Å². The molecule has 0 bridgehead atoms. The van der Waals surface area contributed by atoms with Gasteiger partial charge in [0.2, 0.25) is 11.8 Å². The van der Waals surface area contributed by atoms with Crippen LogP contribution in [0.4, 0.5) is 0 Å². The van der Waals surface area contributed by atoms with Crippen LogP contribution in [0.2, 0.25) is 0 Å². The fourth-order valence-electron chi connectivity index (χ4n) is 1.31. The largest absolute Gasteiger partial charge is 0.480 e. The topological polar surface area (TPSA) is 75.0 Å². The molecule has 0 aliphatic heterocycles. The molecular weight excluding hydrogens is 210 g/mol. The molecule has 0 saturated carbocycles. The zero-order valence-corrected chi connectivity index (χ0v) is 9.21. The van der Waals surface area contributed by atoms with E-state index in [1.807, 2.05) is 0 Å². The maximum absolute atomic E-state index is 5.13. The Bertz CT molecular complexity index is 474. The molecule has 0 atom stereocenters. The van der Waals surface area contributed by atoms with E-state index in [1.165, 1.54) is 20.5 Å². The van der Waals surface area contributed by atoms with Gasteiger partial charge in [-0.15, -0.1) is 0 Å². The molecule has 2 aromatic rings. The standard InChI is InChI=1S/C9H11N5O2/c1-14-5-12-7(13-14)6-8(15-2)10-4-11-9(6)16-3/h4-5H,1-3H3. The van der Waals surface area contributed by atoms with Gasteiger partial charge in [-0.25, -0.2) is 15.0 Å². The van der Waals surface area contributed by atoms with Gasteiger partial charge >= 0.3 is 0 Å². The van der Waals surface area contributed by atoms with Gasteiger partial charge in [0.1, 0.15) is 18.2 Å². The summed E-state index contributed by atoms with van der Waals surface area (Å²) in [6, 6.07) is 0. The molecular formula is C9H11N5O2. The molecule has 0 saturated heterocycles. The highest BCUT2D eigenvalue weighted by molar-refractivity contribution is 5.66. The molecule has 2 aromatic heterocycles. The van der Waals surface area contributed by atoms with Crippen molar-refractivity contribution in [2.24, 2.45) is 7.05 Å². The SMILES string of the molecule is COc1ncnc(OC)c1-c1ncn(C)n1. The van der Waals surface area contributed by atoms with Crippen LogP contribution in [-0.4, -0.2) is 39.0 Å². The summed E-state index contributed by atoms with van der Waals surface area (Å²) in [5.41, 5.74) is 0.549. The van der Waals surface area contributed by atoms with Gasteiger partial charge in [-0.1, -0.05) is 0 Å². The Morgan fingerprint density at radius 1 is 1.06 bits per heavy atom. The van der Waals surface area contributed by atoms with Crippen molar-refractivity contribution in [3.8, 4) is 23.1 Å². The summed E-state index contributed by atoms with van der Waals surface area (Å²) >= 11 is 0. The van der Waals surface area contributed by atoms with E-state index in [0.717, 1.165) is 0 Å². The molecule has 0 amide bonds. The monoisotopic (exact) mass is 221 g/mol. The van der Waals surface area contributed by atoms with Crippen LogP contribution in [0.25, 0.3) is 11.4 Å². The summed E-state index contributed by atoms with van der Waals surface area (Å²) in [5, 5.41) is 4.16. The van der Waals surface area contributed by atoms with Gasteiger partial charge in [0, 0.05) is 7.05 Å². The Morgan fingerprint density at radius 2 is 1.69 bits per heavy atom. The van der Waals surface area contributed by atoms with E-state index in [2.05, 4.69) is 20.1 Å². The number of aromatic nitrogens is 5. The Morgan fingerprint density at radius 3 is 2.12 bits per heavy atom. The molecule has 7 heteroatoms. The second-order valence-corrected chi connectivity index (χ2v) is 3.01. The lowest BCUT2D eigenvalue weighted by atomic mass is 10.3. The number of aryl methyl sites for hydroxylation is 1. The van der Waals surface area contributed by atoms with Crippen LogP contribution in [0.3, 0.4) is 0 Å². The minimum atomic E-state index is 0.387. The van der Waals surface area contributed by atoms with Gasteiger partial charge in [0.15, 0.2) is 5.82 Å². The first-order chi connectivity index (χ1) is 7.76. The molecule has 0 aromatic carbocycles. The Kier molecular flexibility index (Phi) is 2.67. The normalized spacial score (nSPS) is 10.2. The average Bonchev–Trinajstić information content (AvgIpc) is 2.74. The van der Waals surface area contributed by atoms with E-state index in [4.69, 9.17) is 9.47 Å². The molecule has 84 valence electrons. The molecule has 0 aliphatic rings. The molecule has 2 rings (SSSR count). The second-order valence-electron chi connectivity index (χ2n) is 3.01. The van der Waals surface area contributed by atoms with Crippen molar-refractivity contribution < 1.29 is 9.47 Å². The fourth-order valence-corrected chi connectivity index (χ4v) is 1.31. The summed E-state index contributed by atoms with van der Waals surface area (Å²) in [4.78, 5) is 12.1. The molecule has 0 aliphatic carbocycles. The Hall–Kier alpha value is -2.18. The van der Waals surface area contributed by atoms with Gasteiger partial charge in [0.25, 0.3) is 0 Å². The van der Waals surface area contributed by atoms with Crippen molar-refractivity contribution in [3.05, 3.63) is 12.7 Å². The van der Waals surface area contributed by atoms with Gasteiger partial charge in [-0.05, 0) is 0 Å². The molecule has 0 fully saturated rings. The van der Waals surface area contributed by atoms with Gasteiger partial charge in [-0.2, -0.15) is 5.10 Å². The Labute approximate surface area is 92.1 Å². The smallest absolute Gasteiger partial charge is 0.231 e. The van der Waals surface area contributed by atoms with E-state index in [0.29, 0.717) is 23.1 Å². The van der Waals surface area contributed by atoms with Crippen LogP contribution in [-0.2, 0) is 7.05 Å². The third-order valence-corrected chi connectivity index (χ3v) is 1.99. The third kappa shape index (κ3) is 1.67. The molecule has 0 unspecified atom stereocenters. The van der Waals surface area contributed by atoms with Crippen molar-refractivity contribution in [2.75, 3.05) is 14.2 Å². The second kappa shape index (κ2) is 4.13. The lowest BCUT2D eigenvalue weighted by Gasteiger charge is -2.07. The van der Waals surface area contributed by atoms with Crippen molar-refractivity contribution in [3.63, 3.8) is 0 Å². The van der Waals surface area contributed by atoms with E-state index in [1.54, 1.807) is 18.1 Å². The first-order valence-electron chi connectivity index (χ1n) is 4.55. The highest BCUT2D eigenvalue weighted by atomic mass is 16.5. The van der Waals surface area contributed by atoms with Crippen LogP contribution >= 0.6 is 0 Å². The zero-order chi connectivity index (χ0) is 11.5. The molecule has 0 N–H and O–H groups in total. The summed E-state index contributed by atoms with van der Waals surface area (Å²) in [5.74, 6) is 1.24. The van der Waals surface area contributed by atoms with E-state index >= 15 is 0 Å². The number of rotatable bonds is 3. The number of ether oxygens (including phenoxy) is 2. The van der Waals surface area contributed by atoms with Crippen molar-refractivity contribution in [1.29, 1.82) is 0 Å². The highest BCUT2D eigenvalue weighted by Crippen LogP contribution is 2.31. The molecule has 7 nitrogen and oxygen atoms in total. The minimum Gasteiger partial charge on any atom is -0.480 e. The van der Waals surface area contributed by atoms with E-state index < -0.39 is 0 Å². The maximum atomic E-state index is 5.13. The summed E-state index contributed by atoms with van der Waals surface area (Å²) in [7, 11) is 4.82. The number of nitrogens with zero attached hydrogens (tertiary/aromatic N) is 5. The highest BCUT2D eigenvalue weighted by Gasteiger charge is 2.18. The maximum Gasteiger partial charge on any atom is 0.231 e. The predicted molar refractivity (Wildman–Crippen MR) is 55.1 cm³/mol. The van der Waals surface area contributed by atoms with Gasteiger partial charge < -0.3 is 9.47 Å². The molecule has 2 heterocycles. The summed E-state index contributed by atoms with van der Waals surface area (Å²) in [6.07, 6.45) is 2.95. The number of hydrogen-bond acceptors (Lipinski definition) is 6. The quantitative estimate of drug-likeness (QED) is 0.741. The molecule has 0 spiro atoms. The van der Waals surface area contributed by atoms with Crippen LogP contribution in [0.15, 0.2) is 12.7 Å². The first kappa shape index (κ1) is 10.3. The number of methoxy groups -OCH3 is 2. The summed E-state index contributed by atoms with van der Waals surface area (Å²) in [6.45, 7) is 0. The number of hydrogen-bond donors (Lipinski definition) is 0. The van der Waals surface area contributed by atoms with Crippen LogP contribution in [0.1, 0.15) is 0 Å². The summed E-state index contributed by atoms with van der Waals surface area (Å²) < 4.78 is 11.8. The first-order valence-corrected chi connectivity index (χ1v) is 4.55. The van der Waals surface area contributed by atoms with Crippen LogP contribution in [0, 0.1) is 0 Å². The predicted octanol–water partition coefficient (Wildman–Crippen LogP) is 0.289. The van der Waals surface area contributed by atoms with Crippen molar-refractivity contribution in [2.45, 2.75) is 0 Å². The van der Waals surface area contributed by atoms with Gasteiger partial charge in [-0.3, -0.25) is 4.68 Å². The minimum absolute atomic E-state index is 0.387. The Balaban J connectivity index is 2.60. The molecule has 0 radical (unpaired) electrons. The van der Waals surface area contributed by atoms with Crippen LogP contribution < -0.4 is 9.47 Å². The van der Waals surface area contributed by atoms with Gasteiger partial charge in [0.05, 0.1) is 14.2 Å². The zero-order valence-electron chi connectivity index (χ0n) is 9.21. The van der Waals surface area contributed by atoms with E-state index in [9.17, 15) is 0 Å². The van der Waals surface area contributed by atoms with Crippen molar-refractivity contribution in [1.82, 2.24) is 24.7 Å². The lowest BCUT2D eigenvalue weighted by molar-refractivity contribution is 0.374. The van der Waals surface area contributed by atoms with Crippen molar-refractivity contribution >= 4 is 0 Å². The fraction of sp³-hybridized carbons (Fsp3) is 0.333. The lowest BCUT2D eigenvalue weighted by Crippen LogP contribution is -1.99. The third-order valence-electron chi connectivity index (χ3n) is 1.99. The average molecular weight is 221 g/mol. The molecule has 16 heavy (non-hydrogen) atoms. The van der Waals surface area contributed by atoms with Crippen LogP contribution in [0.5, 0.6) is 11.8 Å².